The summed E-state index contributed by atoms with van der Waals surface area (Å²) in [6.07, 6.45) is 3.78. The Bertz CT molecular complexity index is 1370. The second-order valence-corrected chi connectivity index (χ2v) is 10.9. The molecule has 2 amide bonds. The maximum Gasteiger partial charge on any atom is 0.407 e. The second-order valence-electron chi connectivity index (χ2n) is 10.9. The van der Waals surface area contributed by atoms with E-state index >= 15 is 4.39 Å². The van der Waals surface area contributed by atoms with Crippen molar-refractivity contribution in [2.45, 2.75) is 45.6 Å². The fraction of sp³-hybridized carbons (Fsp3) is 0.429. The number of anilines is 1. The highest BCUT2D eigenvalue weighted by Crippen LogP contribution is 2.43. The highest BCUT2D eigenvalue weighted by atomic mass is 19.1. The van der Waals surface area contributed by atoms with Crippen molar-refractivity contribution in [3.8, 4) is 11.3 Å². The summed E-state index contributed by atoms with van der Waals surface area (Å²) >= 11 is 0. The van der Waals surface area contributed by atoms with Crippen molar-refractivity contribution in [1.82, 2.24) is 25.0 Å². The van der Waals surface area contributed by atoms with Crippen molar-refractivity contribution in [3.63, 3.8) is 0 Å². The van der Waals surface area contributed by atoms with Crippen molar-refractivity contribution in [3.05, 3.63) is 65.5 Å². The number of pyridine rings is 1. The third-order valence-electron chi connectivity index (χ3n) is 7.45. The van der Waals surface area contributed by atoms with Gasteiger partial charge >= 0.3 is 6.09 Å². The van der Waals surface area contributed by atoms with E-state index in [0.29, 0.717) is 37.9 Å². The first-order valence-corrected chi connectivity index (χ1v) is 12.9. The van der Waals surface area contributed by atoms with E-state index in [9.17, 15) is 19.1 Å². The minimum Gasteiger partial charge on any atom is -0.465 e. The molecule has 0 unspecified atom stereocenters. The molecule has 3 N–H and O–H groups in total. The smallest absolute Gasteiger partial charge is 0.407 e. The molecule has 1 fully saturated rings. The first-order valence-electron chi connectivity index (χ1n) is 12.9. The first-order chi connectivity index (χ1) is 18.4. The molecule has 2 aromatic heterocycles. The third-order valence-corrected chi connectivity index (χ3v) is 7.45. The summed E-state index contributed by atoms with van der Waals surface area (Å²) in [4.78, 5) is 31.3. The van der Waals surface area contributed by atoms with Gasteiger partial charge in [-0.3, -0.25) is 9.48 Å². The van der Waals surface area contributed by atoms with Crippen LogP contribution in [-0.2, 0) is 13.5 Å². The van der Waals surface area contributed by atoms with Crippen LogP contribution in [0.5, 0.6) is 0 Å². The quantitative estimate of drug-likeness (QED) is 0.382. The molecule has 4 rings (SSSR count). The summed E-state index contributed by atoms with van der Waals surface area (Å²) in [6, 6.07) is 7.33. The van der Waals surface area contributed by atoms with Crippen LogP contribution in [0.25, 0.3) is 11.3 Å². The van der Waals surface area contributed by atoms with Crippen LogP contribution in [-0.4, -0.2) is 61.9 Å². The van der Waals surface area contributed by atoms with E-state index in [0.717, 1.165) is 11.6 Å². The van der Waals surface area contributed by atoms with Crippen molar-refractivity contribution in [2.75, 3.05) is 25.0 Å². The predicted octanol–water partition coefficient (Wildman–Crippen LogP) is 4.70. The molecule has 1 aliphatic heterocycles. The van der Waals surface area contributed by atoms with Gasteiger partial charge in [0.05, 0.1) is 17.3 Å². The van der Waals surface area contributed by atoms with Gasteiger partial charge in [-0.1, -0.05) is 32.9 Å². The normalized spacial score (nSPS) is 17.3. The summed E-state index contributed by atoms with van der Waals surface area (Å²) < 4.78 is 30.4. The van der Waals surface area contributed by atoms with Gasteiger partial charge in [0.15, 0.2) is 5.82 Å². The molecule has 0 radical (unpaired) electrons. The van der Waals surface area contributed by atoms with Gasteiger partial charge in [0.2, 0.25) is 0 Å². The van der Waals surface area contributed by atoms with E-state index in [2.05, 4.69) is 20.7 Å². The van der Waals surface area contributed by atoms with E-state index in [-0.39, 0.29) is 29.4 Å². The molecule has 1 aliphatic rings. The molecule has 3 aromatic rings. The number of nitrogens with zero attached hydrogens (tertiary/aromatic N) is 4. The van der Waals surface area contributed by atoms with Gasteiger partial charge in [-0.25, -0.2) is 18.6 Å². The number of aromatic nitrogens is 3. The standard InChI is InChI=1S/C28H34F2N6O3/c1-27(2,3)28(10-6-12-36(28)26(38)39)17-32-25(37)21-14-22(30)23(19-15-33-35(4)16-19)34-24(21)31-11-9-18-7-5-8-20(29)13-18/h5,7-8,13-16H,6,9-12,17H2,1-4H3,(H,31,34)(H,32,37)(H,38,39)/t28-/m0/s1. The molecule has 1 saturated heterocycles. The van der Waals surface area contributed by atoms with Crippen LogP contribution in [0.4, 0.5) is 19.4 Å². The van der Waals surface area contributed by atoms with E-state index < -0.39 is 28.8 Å². The first kappa shape index (κ1) is 28.0. The molecular weight excluding hydrogens is 506 g/mol. The second kappa shape index (κ2) is 11.0. The number of amides is 2. The van der Waals surface area contributed by atoms with Gasteiger partial charge in [-0.05, 0) is 48.4 Å². The Balaban J connectivity index is 1.62. The van der Waals surface area contributed by atoms with Crippen LogP contribution in [0.2, 0.25) is 0 Å². The number of hydrogen-bond acceptors (Lipinski definition) is 5. The Morgan fingerprint density at radius 2 is 1.97 bits per heavy atom. The van der Waals surface area contributed by atoms with Crippen LogP contribution in [0, 0.1) is 17.0 Å². The number of likely N-dealkylation sites (tertiary alicyclic amines) is 1. The van der Waals surface area contributed by atoms with Gasteiger partial charge in [0.25, 0.3) is 5.91 Å². The van der Waals surface area contributed by atoms with Crippen molar-refractivity contribution < 1.29 is 23.5 Å². The summed E-state index contributed by atoms with van der Waals surface area (Å²) in [5.74, 6) is -1.45. The minimum absolute atomic E-state index is 0.0108. The zero-order valence-electron chi connectivity index (χ0n) is 22.6. The Hall–Kier alpha value is -4.02. The molecule has 39 heavy (non-hydrogen) atoms. The minimum atomic E-state index is -1.04. The average Bonchev–Trinajstić information content (AvgIpc) is 3.50. The van der Waals surface area contributed by atoms with E-state index in [4.69, 9.17) is 0 Å². The average molecular weight is 541 g/mol. The molecule has 1 atom stereocenters. The topological polar surface area (TPSA) is 112 Å². The largest absolute Gasteiger partial charge is 0.465 e. The van der Waals surface area contributed by atoms with Crippen LogP contribution in [0.1, 0.15) is 49.5 Å². The van der Waals surface area contributed by atoms with Crippen molar-refractivity contribution >= 4 is 17.8 Å². The summed E-state index contributed by atoms with van der Waals surface area (Å²) in [6.45, 7) is 6.60. The number of nitrogens with one attached hydrogen (secondary N) is 2. The molecule has 0 saturated carbocycles. The lowest BCUT2D eigenvalue weighted by atomic mass is 9.71. The van der Waals surface area contributed by atoms with E-state index in [1.165, 1.54) is 27.9 Å². The monoisotopic (exact) mass is 540 g/mol. The van der Waals surface area contributed by atoms with Gasteiger partial charge < -0.3 is 20.6 Å². The van der Waals surface area contributed by atoms with Crippen LogP contribution in [0.15, 0.2) is 42.7 Å². The molecule has 1 aromatic carbocycles. The maximum atomic E-state index is 15.3. The van der Waals surface area contributed by atoms with Crippen molar-refractivity contribution in [2.24, 2.45) is 12.5 Å². The van der Waals surface area contributed by atoms with Gasteiger partial charge in [-0.2, -0.15) is 5.10 Å². The fourth-order valence-corrected chi connectivity index (χ4v) is 5.27. The lowest BCUT2D eigenvalue weighted by Gasteiger charge is -2.47. The Kier molecular flexibility index (Phi) is 7.89. The maximum absolute atomic E-state index is 15.3. The highest BCUT2D eigenvalue weighted by Gasteiger charge is 2.51. The zero-order chi connectivity index (χ0) is 28.4. The number of hydrogen-bond donors (Lipinski definition) is 3. The molecule has 9 nitrogen and oxygen atoms in total. The van der Waals surface area contributed by atoms with Crippen molar-refractivity contribution in [1.29, 1.82) is 0 Å². The number of benzene rings is 1. The number of rotatable bonds is 8. The number of carbonyl (C=O) groups is 2. The molecule has 0 bridgehead atoms. The van der Waals surface area contributed by atoms with Crippen LogP contribution < -0.4 is 10.6 Å². The summed E-state index contributed by atoms with van der Waals surface area (Å²) in [7, 11) is 1.70. The van der Waals surface area contributed by atoms with Gasteiger partial charge in [-0.15, -0.1) is 0 Å². The lowest BCUT2D eigenvalue weighted by Crippen LogP contribution is -2.61. The van der Waals surface area contributed by atoms with Crippen LogP contribution >= 0.6 is 0 Å². The molecule has 11 heteroatoms. The Labute approximate surface area is 226 Å². The molecule has 208 valence electrons. The zero-order valence-corrected chi connectivity index (χ0v) is 22.6. The van der Waals surface area contributed by atoms with E-state index in [1.807, 2.05) is 20.8 Å². The summed E-state index contributed by atoms with van der Waals surface area (Å²) in [5.41, 5.74) is -0.0546. The SMILES string of the molecule is Cn1cc(-c2nc(NCCc3cccc(F)c3)c(C(=O)NC[C@]3(C(C)(C)C)CCCN3C(=O)O)cc2F)cn1. The fourth-order valence-electron chi connectivity index (χ4n) is 5.27. The number of halogens is 2. The highest BCUT2D eigenvalue weighted by molar-refractivity contribution is 5.99. The van der Waals surface area contributed by atoms with Crippen LogP contribution in [0.3, 0.4) is 0 Å². The predicted molar refractivity (Wildman–Crippen MR) is 143 cm³/mol. The molecule has 0 spiro atoms. The molecule has 0 aliphatic carbocycles. The number of carboxylic acid groups (broad SMARTS) is 1. The summed E-state index contributed by atoms with van der Waals surface area (Å²) in [5, 5.41) is 19.9. The van der Waals surface area contributed by atoms with Gasteiger partial charge in [0, 0.05) is 38.4 Å². The van der Waals surface area contributed by atoms with Gasteiger partial charge in [0.1, 0.15) is 17.3 Å². The van der Waals surface area contributed by atoms with E-state index in [1.54, 1.807) is 25.4 Å². The third kappa shape index (κ3) is 5.86. The lowest BCUT2D eigenvalue weighted by molar-refractivity contribution is 0.0300. The number of carbonyl (C=O) groups excluding carboxylic acids is 1. The molecule has 3 heterocycles. The Morgan fingerprint density at radius 3 is 2.62 bits per heavy atom. The molecular formula is C28H34F2N6O3. The Morgan fingerprint density at radius 1 is 1.21 bits per heavy atom. The number of aryl methyl sites for hydroxylation is 1.